The molecule has 0 aromatic heterocycles. The smallest absolute Gasteiger partial charge is 0.119 e. The Morgan fingerprint density at radius 2 is 1.93 bits per heavy atom. The van der Waals surface area contributed by atoms with Crippen LogP contribution in [-0.2, 0) is 0 Å². The van der Waals surface area contributed by atoms with Crippen LogP contribution in [0.2, 0.25) is 0 Å². The molecule has 0 spiro atoms. The van der Waals surface area contributed by atoms with Gasteiger partial charge in [0.05, 0.1) is 0 Å². The van der Waals surface area contributed by atoms with Crippen LogP contribution in [0.15, 0.2) is 5.10 Å². The van der Waals surface area contributed by atoms with Gasteiger partial charge in [-0.05, 0) is 25.2 Å². The third-order valence-corrected chi connectivity index (χ3v) is 2.69. The summed E-state index contributed by atoms with van der Waals surface area (Å²) in [4.78, 5) is 2.33. The Morgan fingerprint density at radius 3 is 2.40 bits per heavy atom. The van der Waals surface area contributed by atoms with Crippen LogP contribution in [0.1, 0.15) is 47.5 Å². The fourth-order valence-corrected chi connectivity index (χ4v) is 1.96. The van der Waals surface area contributed by atoms with Crippen molar-refractivity contribution in [1.29, 1.82) is 0 Å². The van der Waals surface area contributed by atoms with E-state index in [-0.39, 0.29) is 0 Å². The maximum Gasteiger partial charge on any atom is 0.119 e. The Hall–Kier alpha value is -0.730. The molecule has 1 unspecified atom stereocenters. The van der Waals surface area contributed by atoms with Crippen molar-refractivity contribution in [3.8, 4) is 0 Å². The summed E-state index contributed by atoms with van der Waals surface area (Å²) < 4.78 is 0. The van der Waals surface area contributed by atoms with Gasteiger partial charge >= 0.3 is 0 Å². The van der Waals surface area contributed by atoms with Crippen molar-refractivity contribution >= 4 is 6.34 Å². The highest BCUT2D eigenvalue weighted by Gasteiger charge is 2.30. The number of rotatable bonds is 4. The summed E-state index contributed by atoms with van der Waals surface area (Å²) in [6.07, 6.45) is 4.79. The lowest BCUT2D eigenvalue weighted by Gasteiger charge is -2.34. The van der Waals surface area contributed by atoms with E-state index >= 15 is 0 Å². The normalized spacial score (nSPS) is 21.5. The lowest BCUT2D eigenvalue weighted by molar-refractivity contribution is 0.0913. The van der Waals surface area contributed by atoms with Crippen molar-refractivity contribution in [1.82, 2.24) is 9.91 Å². The summed E-state index contributed by atoms with van der Waals surface area (Å²) in [7, 11) is 0. The van der Waals surface area contributed by atoms with Crippen molar-refractivity contribution in [2.75, 3.05) is 13.1 Å². The molecule has 15 heavy (non-hydrogen) atoms. The van der Waals surface area contributed by atoms with E-state index in [1.807, 2.05) is 6.34 Å². The molecule has 3 nitrogen and oxygen atoms in total. The molecule has 0 N–H and O–H groups in total. The predicted octanol–water partition coefficient (Wildman–Crippen LogP) is 2.74. The van der Waals surface area contributed by atoms with Gasteiger partial charge in [-0.2, -0.15) is 5.10 Å². The van der Waals surface area contributed by atoms with Crippen molar-refractivity contribution in [3.05, 3.63) is 0 Å². The zero-order valence-electron chi connectivity index (χ0n) is 10.8. The largest absolute Gasteiger partial charge is 0.340 e. The quantitative estimate of drug-likeness (QED) is 0.712. The van der Waals surface area contributed by atoms with Crippen LogP contribution in [0.5, 0.6) is 0 Å². The standard InChI is InChI=1S/C12H25N3/c1-6-8-15-11(9-12(3,4)5)14(7-2)10-13-15/h10-11H,6-9H2,1-5H3. The van der Waals surface area contributed by atoms with E-state index in [4.69, 9.17) is 0 Å². The second-order valence-electron chi connectivity index (χ2n) is 5.47. The molecular formula is C12H25N3. The first kappa shape index (κ1) is 12.3. The third kappa shape index (κ3) is 3.40. The van der Waals surface area contributed by atoms with Crippen molar-refractivity contribution < 1.29 is 0 Å². The minimum Gasteiger partial charge on any atom is -0.340 e. The average Bonchev–Trinajstić information content (AvgIpc) is 2.47. The van der Waals surface area contributed by atoms with Gasteiger partial charge in [-0.1, -0.05) is 27.7 Å². The monoisotopic (exact) mass is 211 g/mol. The van der Waals surface area contributed by atoms with E-state index in [2.05, 4.69) is 49.6 Å². The molecule has 0 bridgehead atoms. The molecule has 1 heterocycles. The van der Waals surface area contributed by atoms with Crippen LogP contribution >= 0.6 is 0 Å². The SMILES string of the molecule is CCCN1N=CN(CC)C1CC(C)(C)C. The van der Waals surface area contributed by atoms with E-state index in [1.54, 1.807) is 0 Å². The zero-order valence-corrected chi connectivity index (χ0v) is 10.8. The molecular weight excluding hydrogens is 186 g/mol. The molecule has 1 rings (SSSR count). The maximum atomic E-state index is 4.48. The molecule has 0 saturated heterocycles. The molecule has 0 saturated carbocycles. The minimum atomic E-state index is 0.359. The van der Waals surface area contributed by atoms with E-state index < -0.39 is 0 Å². The van der Waals surface area contributed by atoms with Gasteiger partial charge in [0.15, 0.2) is 0 Å². The maximum absolute atomic E-state index is 4.48. The number of nitrogens with zero attached hydrogens (tertiary/aromatic N) is 3. The van der Waals surface area contributed by atoms with Crippen LogP contribution < -0.4 is 0 Å². The summed E-state index contributed by atoms with van der Waals surface area (Å²) in [5, 5.41) is 6.71. The predicted molar refractivity (Wildman–Crippen MR) is 65.7 cm³/mol. The Morgan fingerprint density at radius 1 is 1.27 bits per heavy atom. The van der Waals surface area contributed by atoms with Crippen LogP contribution in [0.4, 0.5) is 0 Å². The Balaban J connectivity index is 2.63. The first-order chi connectivity index (χ1) is 6.98. The summed E-state index contributed by atoms with van der Waals surface area (Å²) in [6, 6.07) is 0. The fourth-order valence-electron chi connectivity index (χ4n) is 1.96. The van der Waals surface area contributed by atoms with Gasteiger partial charge in [-0.25, -0.2) is 0 Å². The van der Waals surface area contributed by atoms with E-state index in [1.165, 1.54) is 6.42 Å². The molecule has 3 heteroatoms. The Kier molecular flexibility index (Phi) is 4.00. The van der Waals surface area contributed by atoms with Gasteiger partial charge < -0.3 is 4.90 Å². The van der Waals surface area contributed by atoms with Gasteiger partial charge in [-0.3, -0.25) is 5.01 Å². The molecule has 0 fully saturated rings. The van der Waals surface area contributed by atoms with E-state index in [0.29, 0.717) is 11.6 Å². The van der Waals surface area contributed by atoms with E-state index in [9.17, 15) is 0 Å². The second-order valence-corrected chi connectivity index (χ2v) is 5.47. The van der Waals surface area contributed by atoms with Crippen molar-refractivity contribution in [2.45, 2.75) is 53.6 Å². The molecule has 1 aliphatic rings. The van der Waals surface area contributed by atoms with Crippen LogP contribution in [0.3, 0.4) is 0 Å². The highest BCUT2D eigenvalue weighted by molar-refractivity contribution is 5.57. The van der Waals surface area contributed by atoms with Crippen LogP contribution in [-0.4, -0.2) is 35.5 Å². The molecule has 0 aromatic rings. The molecule has 0 radical (unpaired) electrons. The van der Waals surface area contributed by atoms with E-state index in [0.717, 1.165) is 19.5 Å². The molecule has 0 aliphatic carbocycles. The van der Waals surface area contributed by atoms with Crippen molar-refractivity contribution in [2.24, 2.45) is 10.5 Å². The van der Waals surface area contributed by atoms with Crippen LogP contribution in [0.25, 0.3) is 0 Å². The van der Waals surface area contributed by atoms with Crippen LogP contribution in [0, 0.1) is 5.41 Å². The first-order valence-corrected chi connectivity index (χ1v) is 6.04. The third-order valence-electron chi connectivity index (χ3n) is 2.69. The lowest BCUT2D eigenvalue weighted by Crippen LogP contribution is -2.42. The van der Waals surface area contributed by atoms with Crippen molar-refractivity contribution in [3.63, 3.8) is 0 Å². The van der Waals surface area contributed by atoms with Gasteiger partial charge in [-0.15, -0.1) is 0 Å². The summed E-state index contributed by atoms with van der Waals surface area (Å²) in [5.41, 5.74) is 0.359. The summed E-state index contributed by atoms with van der Waals surface area (Å²) in [5.74, 6) is 0. The number of hydrazone groups is 1. The van der Waals surface area contributed by atoms with Gasteiger partial charge in [0.2, 0.25) is 0 Å². The second kappa shape index (κ2) is 4.86. The average molecular weight is 211 g/mol. The first-order valence-electron chi connectivity index (χ1n) is 6.04. The van der Waals surface area contributed by atoms with Gasteiger partial charge in [0, 0.05) is 13.1 Å². The molecule has 0 amide bonds. The molecule has 0 aromatic carbocycles. The highest BCUT2D eigenvalue weighted by Crippen LogP contribution is 2.27. The Bertz CT molecular complexity index is 217. The van der Waals surface area contributed by atoms with Gasteiger partial charge in [0.25, 0.3) is 0 Å². The zero-order chi connectivity index (χ0) is 11.5. The molecule has 1 aliphatic heterocycles. The number of hydrogen-bond acceptors (Lipinski definition) is 3. The van der Waals surface area contributed by atoms with Gasteiger partial charge in [0.1, 0.15) is 12.5 Å². The molecule has 1 atom stereocenters. The highest BCUT2D eigenvalue weighted by atomic mass is 15.6. The fraction of sp³-hybridized carbons (Fsp3) is 0.917. The topological polar surface area (TPSA) is 18.8 Å². The Labute approximate surface area is 94.1 Å². The minimum absolute atomic E-state index is 0.359. The number of hydrogen-bond donors (Lipinski definition) is 0. The summed E-state index contributed by atoms with van der Waals surface area (Å²) >= 11 is 0. The molecule has 88 valence electrons. The summed E-state index contributed by atoms with van der Waals surface area (Å²) in [6.45, 7) is 13.4. The lowest BCUT2D eigenvalue weighted by atomic mass is 9.90.